The van der Waals surface area contributed by atoms with E-state index in [0.29, 0.717) is 17.7 Å². The van der Waals surface area contributed by atoms with Crippen LogP contribution in [0.2, 0.25) is 0 Å². The highest BCUT2D eigenvalue weighted by molar-refractivity contribution is 5.94. The number of carbonyl (C=O) groups is 1. The fourth-order valence-corrected chi connectivity index (χ4v) is 2.26. The molecule has 0 fully saturated rings. The predicted octanol–water partition coefficient (Wildman–Crippen LogP) is 3.75. The van der Waals surface area contributed by atoms with Crippen molar-refractivity contribution in [3.8, 4) is 17.2 Å². The van der Waals surface area contributed by atoms with Crippen LogP contribution in [0, 0.1) is 11.3 Å². The highest BCUT2D eigenvalue weighted by Crippen LogP contribution is 2.20. The molecule has 1 N–H and O–H groups in total. The monoisotopic (exact) mass is 302 g/mol. The molecule has 0 spiro atoms. The lowest BCUT2D eigenvalue weighted by Crippen LogP contribution is -2.22. The minimum Gasteiger partial charge on any atom is -0.472 e. The summed E-state index contributed by atoms with van der Waals surface area (Å²) in [6, 6.07) is 18.5. The van der Waals surface area contributed by atoms with Gasteiger partial charge in [-0.05, 0) is 35.4 Å². The van der Waals surface area contributed by atoms with Gasteiger partial charge in [0.2, 0.25) is 0 Å². The van der Waals surface area contributed by atoms with E-state index < -0.39 is 0 Å². The summed E-state index contributed by atoms with van der Waals surface area (Å²) in [4.78, 5) is 12.1. The van der Waals surface area contributed by atoms with Crippen molar-refractivity contribution in [1.82, 2.24) is 5.32 Å². The van der Waals surface area contributed by atoms with Gasteiger partial charge in [-0.3, -0.25) is 4.79 Å². The Kier molecular flexibility index (Phi) is 4.21. The van der Waals surface area contributed by atoms with Crippen LogP contribution in [0.15, 0.2) is 71.5 Å². The number of rotatable bonds is 4. The largest absolute Gasteiger partial charge is 0.472 e. The lowest BCUT2D eigenvalue weighted by Gasteiger charge is -2.06. The maximum absolute atomic E-state index is 12.1. The molecule has 0 aliphatic carbocycles. The van der Waals surface area contributed by atoms with Gasteiger partial charge in [0.25, 0.3) is 5.91 Å². The zero-order valence-corrected chi connectivity index (χ0v) is 12.3. The summed E-state index contributed by atoms with van der Waals surface area (Å²) >= 11 is 0. The standard InChI is InChI=1S/C19H14N2O2/c20-11-15-2-1-3-17(10-15)19(22)21-12-14-4-6-16(7-5-14)18-8-9-23-13-18/h1-10,13H,12H2,(H,21,22). The van der Waals surface area contributed by atoms with Crippen LogP contribution in [0.1, 0.15) is 21.5 Å². The number of amides is 1. The Morgan fingerprint density at radius 2 is 1.91 bits per heavy atom. The first-order valence-electron chi connectivity index (χ1n) is 7.16. The molecule has 4 nitrogen and oxygen atoms in total. The molecular formula is C19H14N2O2. The van der Waals surface area contributed by atoms with E-state index in [1.165, 1.54) is 0 Å². The van der Waals surface area contributed by atoms with Crippen LogP contribution in [0.5, 0.6) is 0 Å². The third-order valence-electron chi connectivity index (χ3n) is 3.52. The molecule has 1 aromatic heterocycles. The quantitative estimate of drug-likeness (QED) is 0.798. The van der Waals surface area contributed by atoms with Gasteiger partial charge in [-0.1, -0.05) is 30.3 Å². The van der Waals surface area contributed by atoms with E-state index in [0.717, 1.165) is 16.7 Å². The lowest BCUT2D eigenvalue weighted by atomic mass is 10.1. The molecule has 0 saturated heterocycles. The maximum Gasteiger partial charge on any atom is 0.251 e. The molecule has 1 amide bonds. The van der Waals surface area contributed by atoms with Crippen molar-refractivity contribution in [2.24, 2.45) is 0 Å². The molecule has 3 rings (SSSR count). The first kappa shape index (κ1) is 14.6. The molecule has 0 aliphatic heterocycles. The van der Waals surface area contributed by atoms with Crippen molar-refractivity contribution in [1.29, 1.82) is 5.26 Å². The summed E-state index contributed by atoms with van der Waals surface area (Å²) in [7, 11) is 0. The van der Waals surface area contributed by atoms with E-state index in [-0.39, 0.29) is 5.91 Å². The van der Waals surface area contributed by atoms with Gasteiger partial charge in [-0.25, -0.2) is 0 Å². The second-order valence-corrected chi connectivity index (χ2v) is 5.08. The molecule has 3 aromatic rings. The van der Waals surface area contributed by atoms with Gasteiger partial charge in [-0.2, -0.15) is 5.26 Å². The Labute approximate surface area is 134 Å². The fraction of sp³-hybridized carbons (Fsp3) is 0.0526. The Balaban J connectivity index is 1.64. The summed E-state index contributed by atoms with van der Waals surface area (Å²) in [6.07, 6.45) is 3.33. The zero-order valence-electron chi connectivity index (χ0n) is 12.3. The summed E-state index contributed by atoms with van der Waals surface area (Å²) in [6.45, 7) is 0.432. The van der Waals surface area contributed by atoms with E-state index in [2.05, 4.69) is 5.32 Å². The molecule has 112 valence electrons. The van der Waals surface area contributed by atoms with Crippen LogP contribution in [0.3, 0.4) is 0 Å². The van der Waals surface area contributed by atoms with E-state index in [1.807, 2.05) is 36.4 Å². The number of hydrogen-bond acceptors (Lipinski definition) is 3. The normalized spacial score (nSPS) is 10.0. The summed E-state index contributed by atoms with van der Waals surface area (Å²) < 4.78 is 5.07. The van der Waals surface area contributed by atoms with Crippen molar-refractivity contribution in [2.45, 2.75) is 6.54 Å². The van der Waals surface area contributed by atoms with E-state index in [1.54, 1.807) is 36.8 Å². The molecule has 0 saturated carbocycles. The van der Waals surface area contributed by atoms with Crippen LogP contribution < -0.4 is 5.32 Å². The van der Waals surface area contributed by atoms with E-state index >= 15 is 0 Å². The number of furan rings is 1. The van der Waals surface area contributed by atoms with Crippen LogP contribution in [0.4, 0.5) is 0 Å². The van der Waals surface area contributed by atoms with Gasteiger partial charge < -0.3 is 9.73 Å². The van der Waals surface area contributed by atoms with Crippen molar-refractivity contribution in [3.05, 3.63) is 83.8 Å². The molecule has 0 unspecified atom stereocenters. The number of nitrogens with one attached hydrogen (secondary N) is 1. The molecule has 4 heteroatoms. The number of hydrogen-bond donors (Lipinski definition) is 1. The molecule has 0 bridgehead atoms. The van der Waals surface area contributed by atoms with Gasteiger partial charge in [0.1, 0.15) is 0 Å². The Morgan fingerprint density at radius 3 is 2.61 bits per heavy atom. The van der Waals surface area contributed by atoms with E-state index in [9.17, 15) is 4.79 Å². The average Bonchev–Trinajstić information content (AvgIpc) is 3.15. The Hall–Kier alpha value is -3.32. The van der Waals surface area contributed by atoms with Crippen molar-refractivity contribution in [3.63, 3.8) is 0 Å². The number of nitriles is 1. The summed E-state index contributed by atoms with van der Waals surface area (Å²) in [5.41, 5.74) is 4.05. The van der Waals surface area contributed by atoms with Crippen molar-refractivity contribution in [2.75, 3.05) is 0 Å². The number of benzene rings is 2. The second-order valence-electron chi connectivity index (χ2n) is 5.08. The van der Waals surface area contributed by atoms with Gasteiger partial charge >= 0.3 is 0 Å². The predicted molar refractivity (Wildman–Crippen MR) is 86.5 cm³/mol. The highest BCUT2D eigenvalue weighted by Gasteiger charge is 2.06. The van der Waals surface area contributed by atoms with Gasteiger partial charge in [0, 0.05) is 17.7 Å². The third kappa shape index (κ3) is 3.47. The summed E-state index contributed by atoms with van der Waals surface area (Å²) in [5.74, 6) is -0.194. The van der Waals surface area contributed by atoms with Gasteiger partial charge in [0.05, 0.1) is 24.2 Å². The van der Waals surface area contributed by atoms with Crippen LogP contribution in [-0.2, 0) is 6.54 Å². The van der Waals surface area contributed by atoms with Gasteiger partial charge in [-0.15, -0.1) is 0 Å². The fourth-order valence-electron chi connectivity index (χ4n) is 2.26. The first-order chi connectivity index (χ1) is 11.3. The molecule has 2 aromatic carbocycles. The smallest absolute Gasteiger partial charge is 0.251 e. The maximum atomic E-state index is 12.1. The third-order valence-corrected chi connectivity index (χ3v) is 3.52. The molecule has 23 heavy (non-hydrogen) atoms. The molecule has 0 radical (unpaired) electrons. The van der Waals surface area contributed by atoms with Crippen molar-refractivity contribution >= 4 is 5.91 Å². The number of nitrogens with zero attached hydrogens (tertiary/aromatic N) is 1. The number of carbonyl (C=O) groups excluding carboxylic acids is 1. The zero-order chi connectivity index (χ0) is 16.1. The lowest BCUT2D eigenvalue weighted by molar-refractivity contribution is 0.0951. The first-order valence-corrected chi connectivity index (χ1v) is 7.16. The van der Waals surface area contributed by atoms with E-state index in [4.69, 9.17) is 9.68 Å². The minimum atomic E-state index is -0.194. The Morgan fingerprint density at radius 1 is 1.09 bits per heavy atom. The van der Waals surface area contributed by atoms with Crippen LogP contribution in [0.25, 0.3) is 11.1 Å². The SMILES string of the molecule is N#Cc1cccc(C(=O)NCc2ccc(-c3ccoc3)cc2)c1. The molecule has 0 atom stereocenters. The minimum absolute atomic E-state index is 0.194. The molecule has 0 aliphatic rings. The molecule has 1 heterocycles. The Bertz CT molecular complexity index is 844. The van der Waals surface area contributed by atoms with Crippen molar-refractivity contribution < 1.29 is 9.21 Å². The van der Waals surface area contributed by atoms with Gasteiger partial charge in [0.15, 0.2) is 0 Å². The average molecular weight is 302 g/mol. The van der Waals surface area contributed by atoms with Crippen LogP contribution in [-0.4, -0.2) is 5.91 Å². The summed E-state index contributed by atoms with van der Waals surface area (Å²) in [5, 5.41) is 11.7. The topological polar surface area (TPSA) is 66.0 Å². The second kappa shape index (κ2) is 6.63. The van der Waals surface area contributed by atoms with Crippen LogP contribution >= 0.6 is 0 Å². The highest BCUT2D eigenvalue weighted by atomic mass is 16.3. The molecular weight excluding hydrogens is 288 g/mol.